The van der Waals surface area contributed by atoms with E-state index in [9.17, 15) is 15.2 Å². The topological polar surface area (TPSA) is 81.8 Å². The highest BCUT2D eigenvalue weighted by Crippen LogP contribution is 2.51. The number of methoxy groups -OCH3 is 1. The lowest BCUT2D eigenvalue weighted by Gasteiger charge is -2.37. The van der Waals surface area contributed by atoms with Crippen molar-refractivity contribution in [3.8, 4) is 11.5 Å². The molecular formula is C16H14ClNO5. The van der Waals surface area contributed by atoms with Gasteiger partial charge in [0.25, 0.3) is 0 Å². The molecule has 0 radical (unpaired) electrons. The second-order valence-corrected chi connectivity index (χ2v) is 5.81. The van der Waals surface area contributed by atoms with Crippen LogP contribution >= 0.6 is 11.6 Å². The van der Waals surface area contributed by atoms with E-state index in [1.54, 1.807) is 48.5 Å². The minimum atomic E-state index is -2.24. The summed E-state index contributed by atoms with van der Waals surface area (Å²) in [5.74, 6) is 0.882. The molecule has 1 aliphatic heterocycles. The summed E-state index contributed by atoms with van der Waals surface area (Å²) in [5.41, 5.74) is 0.739. The molecule has 2 aromatic rings. The van der Waals surface area contributed by atoms with Crippen molar-refractivity contribution in [1.82, 2.24) is 0 Å². The van der Waals surface area contributed by atoms with Crippen LogP contribution in [0, 0.1) is 10.1 Å². The SMILES string of the molecule is COc1cccc(C2Oc3ccccc3C(O)C2(Cl)[N+](=O)[O-])c1. The first kappa shape index (κ1) is 15.6. The summed E-state index contributed by atoms with van der Waals surface area (Å²) in [6.45, 7) is 0. The molecule has 0 aromatic heterocycles. The van der Waals surface area contributed by atoms with E-state index >= 15 is 0 Å². The number of nitrogens with zero attached hydrogens (tertiary/aromatic N) is 1. The first-order chi connectivity index (χ1) is 11.0. The Morgan fingerprint density at radius 1 is 1.30 bits per heavy atom. The Hall–Kier alpha value is -2.31. The molecule has 0 saturated carbocycles. The van der Waals surface area contributed by atoms with Gasteiger partial charge in [0.05, 0.1) is 12.0 Å². The lowest BCUT2D eigenvalue weighted by molar-refractivity contribution is -0.570. The van der Waals surface area contributed by atoms with E-state index in [2.05, 4.69) is 0 Å². The van der Waals surface area contributed by atoms with Gasteiger partial charge >= 0.3 is 5.00 Å². The van der Waals surface area contributed by atoms with Crippen LogP contribution in [0.2, 0.25) is 0 Å². The van der Waals surface area contributed by atoms with Crippen LogP contribution in [0.3, 0.4) is 0 Å². The van der Waals surface area contributed by atoms with Crippen LogP contribution in [0.5, 0.6) is 11.5 Å². The van der Waals surface area contributed by atoms with Gasteiger partial charge in [0.2, 0.25) is 6.10 Å². The van der Waals surface area contributed by atoms with Gasteiger partial charge in [-0.25, -0.2) is 0 Å². The highest BCUT2D eigenvalue weighted by atomic mass is 35.5. The maximum absolute atomic E-state index is 11.6. The molecule has 0 spiro atoms. The van der Waals surface area contributed by atoms with Crippen LogP contribution in [0.4, 0.5) is 0 Å². The molecule has 7 heteroatoms. The summed E-state index contributed by atoms with van der Waals surface area (Å²) >= 11 is 6.27. The molecule has 3 atom stereocenters. The lowest BCUT2D eigenvalue weighted by Crippen LogP contribution is -2.49. The molecule has 1 aliphatic rings. The van der Waals surface area contributed by atoms with E-state index < -0.39 is 22.1 Å². The van der Waals surface area contributed by atoms with E-state index in [1.165, 1.54) is 7.11 Å². The van der Waals surface area contributed by atoms with Gasteiger partial charge in [-0.2, -0.15) is 0 Å². The van der Waals surface area contributed by atoms with Crippen LogP contribution in [0.25, 0.3) is 0 Å². The van der Waals surface area contributed by atoms with Gasteiger partial charge < -0.3 is 14.6 Å². The zero-order valence-corrected chi connectivity index (χ0v) is 12.9. The number of hydrogen-bond donors (Lipinski definition) is 1. The number of alkyl halides is 1. The van der Waals surface area contributed by atoms with Crippen LogP contribution in [0.15, 0.2) is 48.5 Å². The Kier molecular flexibility index (Phi) is 3.87. The normalized spacial score (nSPS) is 26.0. The molecule has 1 N–H and O–H groups in total. The molecule has 23 heavy (non-hydrogen) atoms. The molecule has 0 aliphatic carbocycles. The predicted molar refractivity (Wildman–Crippen MR) is 83.3 cm³/mol. The second-order valence-electron chi connectivity index (χ2n) is 5.20. The van der Waals surface area contributed by atoms with E-state index in [0.29, 0.717) is 22.6 Å². The first-order valence-corrected chi connectivity index (χ1v) is 7.27. The molecular weight excluding hydrogens is 322 g/mol. The summed E-state index contributed by atoms with van der Waals surface area (Å²) in [7, 11) is 1.49. The van der Waals surface area contributed by atoms with E-state index in [4.69, 9.17) is 21.1 Å². The number of aliphatic hydroxyl groups excluding tert-OH is 1. The minimum Gasteiger partial charge on any atom is -0.497 e. The van der Waals surface area contributed by atoms with E-state index in [0.717, 1.165) is 0 Å². The molecule has 0 saturated heterocycles. The fourth-order valence-electron chi connectivity index (χ4n) is 2.69. The lowest BCUT2D eigenvalue weighted by atomic mass is 9.89. The number of aliphatic hydroxyl groups is 1. The van der Waals surface area contributed by atoms with Gasteiger partial charge in [0, 0.05) is 11.1 Å². The van der Waals surface area contributed by atoms with Crippen molar-refractivity contribution in [2.75, 3.05) is 7.11 Å². The molecule has 0 bridgehead atoms. The summed E-state index contributed by atoms with van der Waals surface area (Å²) in [6, 6.07) is 13.2. The number of halogens is 1. The van der Waals surface area contributed by atoms with E-state index in [1.807, 2.05) is 0 Å². The molecule has 0 amide bonds. The third-order valence-electron chi connectivity index (χ3n) is 3.89. The van der Waals surface area contributed by atoms with Gasteiger partial charge in [-0.3, -0.25) is 10.1 Å². The number of hydrogen-bond acceptors (Lipinski definition) is 5. The number of rotatable bonds is 3. The minimum absolute atomic E-state index is 0.290. The van der Waals surface area contributed by atoms with Gasteiger partial charge in [-0.15, -0.1) is 0 Å². The molecule has 120 valence electrons. The zero-order chi connectivity index (χ0) is 16.6. The van der Waals surface area contributed by atoms with Gasteiger partial charge in [-0.05, 0) is 29.8 Å². The van der Waals surface area contributed by atoms with Gasteiger partial charge in [0.1, 0.15) is 11.5 Å². The quantitative estimate of drug-likeness (QED) is 0.403. The van der Waals surface area contributed by atoms with Crippen molar-refractivity contribution in [3.63, 3.8) is 0 Å². The maximum Gasteiger partial charge on any atom is 0.364 e. The Balaban J connectivity index is 2.16. The van der Waals surface area contributed by atoms with Crippen molar-refractivity contribution >= 4 is 11.6 Å². The summed E-state index contributed by atoms with van der Waals surface area (Å²) in [6.07, 6.45) is -2.68. The predicted octanol–water partition coefficient (Wildman–Crippen LogP) is 3.07. The highest BCUT2D eigenvalue weighted by Gasteiger charge is 2.61. The Labute approximate surface area is 137 Å². The summed E-state index contributed by atoms with van der Waals surface area (Å²) < 4.78 is 10.9. The van der Waals surface area contributed by atoms with Crippen molar-refractivity contribution in [2.24, 2.45) is 0 Å². The third-order valence-corrected chi connectivity index (χ3v) is 4.43. The summed E-state index contributed by atoms with van der Waals surface area (Å²) in [4.78, 5) is 8.69. The number of benzene rings is 2. The Morgan fingerprint density at radius 2 is 2.04 bits per heavy atom. The van der Waals surface area contributed by atoms with Crippen LogP contribution in [0.1, 0.15) is 23.3 Å². The fraction of sp³-hybridized carbons (Fsp3) is 0.250. The van der Waals surface area contributed by atoms with Crippen LogP contribution in [-0.4, -0.2) is 22.1 Å². The average Bonchev–Trinajstić information content (AvgIpc) is 2.58. The fourth-order valence-corrected chi connectivity index (χ4v) is 2.97. The van der Waals surface area contributed by atoms with Crippen LogP contribution < -0.4 is 9.47 Å². The zero-order valence-electron chi connectivity index (χ0n) is 12.2. The second kappa shape index (κ2) is 5.72. The van der Waals surface area contributed by atoms with Crippen LogP contribution in [-0.2, 0) is 0 Å². The van der Waals surface area contributed by atoms with Crippen molar-refractivity contribution < 1.29 is 19.5 Å². The number of ether oxygens (including phenoxy) is 2. The Morgan fingerprint density at radius 3 is 2.74 bits per heavy atom. The molecule has 3 rings (SSSR count). The smallest absolute Gasteiger partial charge is 0.364 e. The maximum atomic E-state index is 11.6. The van der Waals surface area contributed by atoms with Crippen molar-refractivity contribution in [2.45, 2.75) is 17.2 Å². The Bertz CT molecular complexity index is 753. The van der Waals surface area contributed by atoms with Crippen molar-refractivity contribution in [1.29, 1.82) is 0 Å². The van der Waals surface area contributed by atoms with E-state index in [-0.39, 0.29) is 0 Å². The number of para-hydroxylation sites is 1. The average molecular weight is 336 g/mol. The highest BCUT2D eigenvalue weighted by molar-refractivity contribution is 6.23. The molecule has 3 unspecified atom stereocenters. The van der Waals surface area contributed by atoms with Crippen molar-refractivity contribution in [3.05, 3.63) is 69.8 Å². The number of nitro groups is 1. The largest absolute Gasteiger partial charge is 0.497 e. The summed E-state index contributed by atoms with van der Waals surface area (Å²) in [5, 5.41) is 22.2. The standard InChI is InChI=1S/C16H14ClNO5/c1-22-11-6-4-5-10(9-11)15-16(17,18(20)21)14(19)12-7-2-3-8-13(12)23-15/h2-9,14-15,19H,1H3. The third kappa shape index (κ3) is 2.40. The first-order valence-electron chi connectivity index (χ1n) is 6.89. The molecule has 2 aromatic carbocycles. The van der Waals surface area contributed by atoms with Gasteiger partial charge in [0.15, 0.2) is 6.10 Å². The molecule has 6 nitrogen and oxygen atoms in total. The molecule has 1 heterocycles. The monoisotopic (exact) mass is 335 g/mol. The molecule has 0 fully saturated rings. The number of fused-ring (bicyclic) bond motifs is 1. The van der Waals surface area contributed by atoms with Gasteiger partial charge in [-0.1, -0.05) is 30.3 Å².